The molecule has 0 aliphatic heterocycles. The first kappa shape index (κ1) is 17.5. The van der Waals surface area contributed by atoms with Gasteiger partial charge in [-0.1, -0.05) is 36.0 Å². The number of thiazole rings is 1. The summed E-state index contributed by atoms with van der Waals surface area (Å²) in [7, 11) is 0. The Labute approximate surface area is 154 Å². The lowest BCUT2D eigenvalue weighted by Gasteiger charge is -2.04. The first-order valence-electron chi connectivity index (χ1n) is 7.87. The van der Waals surface area contributed by atoms with Gasteiger partial charge in [-0.15, -0.1) is 11.3 Å². The number of aromatic nitrogens is 1. The predicted octanol–water partition coefficient (Wildman–Crippen LogP) is 4.78. The fraction of sp³-hybridized carbons (Fsp3) is 0.211. The molecule has 0 N–H and O–H groups in total. The van der Waals surface area contributed by atoms with E-state index in [2.05, 4.69) is 17.1 Å². The van der Waals surface area contributed by atoms with Crippen LogP contribution >= 0.6 is 23.1 Å². The van der Waals surface area contributed by atoms with Crippen molar-refractivity contribution in [3.8, 4) is 6.07 Å². The minimum absolute atomic E-state index is 0.200. The second-order valence-corrected chi connectivity index (χ2v) is 7.74. The van der Waals surface area contributed by atoms with E-state index in [4.69, 9.17) is 10.00 Å². The predicted molar refractivity (Wildman–Crippen MR) is 101 cm³/mol. The number of ether oxygens (including phenoxy) is 1. The zero-order valence-corrected chi connectivity index (χ0v) is 15.1. The fourth-order valence-electron chi connectivity index (χ4n) is 2.20. The molecule has 3 rings (SSSR count). The van der Waals surface area contributed by atoms with Crippen molar-refractivity contribution in [2.75, 3.05) is 5.75 Å². The van der Waals surface area contributed by atoms with Gasteiger partial charge in [0.05, 0.1) is 21.8 Å². The summed E-state index contributed by atoms with van der Waals surface area (Å²) >= 11 is 3.36. The summed E-state index contributed by atoms with van der Waals surface area (Å²) in [5.41, 5.74) is 2.51. The second kappa shape index (κ2) is 8.65. The normalized spacial score (nSPS) is 10.5. The summed E-state index contributed by atoms with van der Waals surface area (Å²) in [6, 6.07) is 17.2. The van der Waals surface area contributed by atoms with Gasteiger partial charge in [-0.3, -0.25) is 4.79 Å². The van der Waals surface area contributed by atoms with Crippen molar-refractivity contribution in [2.24, 2.45) is 0 Å². The Bertz CT molecular complexity index is 865. The number of nitriles is 1. The van der Waals surface area contributed by atoms with Gasteiger partial charge in [-0.2, -0.15) is 5.26 Å². The van der Waals surface area contributed by atoms with Gasteiger partial charge in [0.25, 0.3) is 0 Å². The molecule has 0 spiro atoms. The molecule has 3 aromatic rings. The third kappa shape index (κ3) is 5.05. The summed E-state index contributed by atoms with van der Waals surface area (Å²) in [5.74, 6) is 0.639. The van der Waals surface area contributed by atoms with E-state index in [0.717, 1.165) is 27.6 Å². The van der Waals surface area contributed by atoms with Crippen LogP contribution in [0.5, 0.6) is 0 Å². The smallest absolute Gasteiger partial charge is 0.306 e. The molecule has 0 fully saturated rings. The zero-order chi connectivity index (χ0) is 17.5. The van der Waals surface area contributed by atoms with Crippen molar-refractivity contribution in [1.29, 1.82) is 5.26 Å². The van der Waals surface area contributed by atoms with Crippen LogP contribution in [-0.4, -0.2) is 16.7 Å². The average molecular weight is 368 g/mol. The zero-order valence-electron chi connectivity index (χ0n) is 13.5. The van der Waals surface area contributed by atoms with E-state index in [-0.39, 0.29) is 12.6 Å². The highest BCUT2D eigenvalue weighted by Gasteiger charge is 2.06. The molecule has 1 heterocycles. The van der Waals surface area contributed by atoms with Crippen molar-refractivity contribution in [3.05, 3.63) is 59.7 Å². The number of carbonyl (C=O) groups excluding carboxylic acids is 1. The maximum Gasteiger partial charge on any atom is 0.306 e. The molecule has 0 aliphatic rings. The molecule has 0 amide bonds. The van der Waals surface area contributed by atoms with Crippen LogP contribution in [0.25, 0.3) is 10.2 Å². The van der Waals surface area contributed by atoms with Gasteiger partial charge in [0, 0.05) is 12.2 Å². The van der Waals surface area contributed by atoms with E-state index in [1.54, 1.807) is 47.4 Å². The molecule has 25 heavy (non-hydrogen) atoms. The van der Waals surface area contributed by atoms with E-state index in [1.165, 1.54) is 4.70 Å². The van der Waals surface area contributed by atoms with E-state index in [9.17, 15) is 4.79 Å². The van der Waals surface area contributed by atoms with E-state index in [0.29, 0.717) is 12.0 Å². The number of para-hydroxylation sites is 1. The highest BCUT2D eigenvalue weighted by molar-refractivity contribution is 8.01. The van der Waals surface area contributed by atoms with Crippen LogP contribution in [0.2, 0.25) is 0 Å². The number of fused-ring (bicyclic) bond motifs is 1. The molecule has 0 saturated carbocycles. The fourth-order valence-corrected chi connectivity index (χ4v) is 4.28. The van der Waals surface area contributed by atoms with E-state index < -0.39 is 0 Å². The summed E-state index contributed by atoms with van der Waals surface area (Å²) in [5, 5.41) is 8.75. The Morgan fingerprint density at radius 3 is 2.76 bits per heavy atom. The second-order valence-electron chi connectivity index (χ2n) is 5.37. The molecular weight excluding hydrogens is 352 g/mol. The molecule has 2 aromatic carbocycles. The number of nitrogens with zero attached hydrogens (tertiary/aromatic N) is 2. The lowest BCUT2D eigenvalue weighted by molar-refractivity contribution is -0.144. The standard InChI is InChI=1S/C19H16N2O2S2/c20-12-14-7-9-15(10-8-14)13-23-18(22)6-3-11-24-19-21-16-4-1-2-5-17(16)25-19/h1-2,4-5,7-10H,3,6,11,13H2. The molecule has 0 atom stereocenters. The van der Waals surface area contributed by atoms with Crippen LogP contribution < -0.4 is 0 Å². The maximum atomic E-state index is 11.8. The van der Waals surface area contributed by atoms with Crippen LogP contribution in [0.3, 0.4) is 0 Å². The monoisotopic (exact) mass is 368 g/mol. The molecule has 0 aliphatic carbocycles. The highest BCUT2D eigenvalue weighted by Crippen LogP contribution is 2.29. The first-order chi connectivity index (χ1) is 12.2. The summed E-state index contributed by atoms with van der Waals surface area (Å²) < 4.78 is 7.48. The molecule has 0 saturated heterocycles. The molecule has 0 unspecified atom stereocenters. The topological polar surface area (TPSA) is 63.0 Å². The SMILES string of the molecule is N#Cc1ccc(COC(=O)CCCSc2nc3ccccc3s2)cc1. The summed E-state index contributed by atoms with van der Waals surface area (Å²) in [4.78, 5) is 16.4. The average Bonchev–Trinajstić information content (AvgIpc) is 3.07. The number of thioether (sulfide) groups is 1. The van der Waals surface area contributed by atoms with Crippen LogP contribution in [-0.2, 0) is 16.1 Å². The van der Waals surface area contributed by atoms with Crippen LogP contribution in [0.1, 0.15) is 24.0 Å². The third-order valence-electron chi connectivity index (χ3n) is 3.51. The number of carbonyl (C=O) groups is 1. The largest absolute Gasteiger partial charge is 0.461 e. The molecule has 1 aromatic heterocycles. The van der Waals surface area contributed by atoms with Crippen molar-refractivity contribution in [2.45, 2.75) is 23.8 Å². The number of hydrogen-bond acceptors (Lipinski definition) is 6. The third-order valence-corrected chi connectivity index (χ3v) is 5.77. The van der Waals surface area contributed by atoms with E-state index in [1.807, 2.05) is 18.2 Å². The molecular formula is C19H16N2O2S2. The number of hydrogen-bond donors (Lipinski definition) is 0. The highest BCUT2D eigenvalue weighted by atomic mass is 32.2. The lowest BCUT2D eigenvalue weighted by atomic mass is 10.2. The minimum Gasteiger partial charge on any atom is -0.461 e. The summed E-state index contributed by atoms with van der Waals surface area (Å²) in [6.07, 6.45) is 1.15. The van der Waals surface area contributed by atoms with Crippen molar-refractivity contribution in [1.82, 2.24) is 4.98 Å². The van der Waals surface area contributed by atoms with Gasteiger partial charge >= 0.3 is 5.97 Å². The quantitative estimate of drug-likeness (QED) is 0.341. The first-order valence-corrected chi connectivity index (χ1v) is 9.68. The lowest BCUT2D eigenvalue weighted by Crippen LogP contribution is -2.04. The van der Waals surface area contributed by atoms with Gasteiger partial charge in [0.2, 0.25) is 0 Å². The maximum absolute atomic E-state index is 11.8. The van der Waals surface area contributed by atoms with Gasteiger partial charge in [0.15, 0.2) is 4.34 Å². The van der Waals surface area contributed by atoms with Gasteiger partial charge in [0.1, 0.15) is 6.61 Å². The number of rotatable bonds is 7. The minimum atomic E-state index is -0.200. The summed E-state index contributed by atoms with van der Waals surface area (Å²) in [6.45, 7) is 0.246. The van der Waals surface area contributed by atoms with Gasteiger partial charge < -0.3 is 4.74 Å². The molecule has 0 bridgehead atoms. The Morgan fingerprint density at radius 2 is 2.00 bits per heavy atom. The van der Waals surface area contributed by atoms with Crippen LogP contribution in [0, 0.1) is 11.3 Å². The Morgan fingerprint density at radius 1 is 1.20 bits per heavy atom. The Balaban J connectivity index is 1.36. The van der Waals surface area contributed by atoms with Crippen molar-refractivity contribution in [3.63, 3.8) is 0 Å². The van der Waals surface area contributed by atoms with Crippen LogP contribution in [0.4, 0.5) is 0 Å². The molecule has 0 radical (unpaired) electrons. The van der Waals surface area contributed by atoms with E-state index >= 15 is 0 Å². The van der Waals surface area contributed by atoms with Gasteiger partial charge in [-0.25, -0.2) is 4.98 Å². The molecule has 126 valence electrons. The Hall–Kier alpha value is -2.36. The van der Waals surface area contributed by atoms with Crippen LogP contribution in [0.15, 0.2) is 52.9 Å². The van der Waals surface area contributed by atoms with Gasteiger partial charge in [-0.05, 0) is 36.2 Å². The molecule has 6 heteroatoms. The Kier molecular flexibility index (Phi) is 6.04. The van der Waals surface area contributed by atoms with Crippen molar-refractivity contribution >= 4 is 39.3 Å². The number of benzene rings is 2. The van der Waals surface area contributed by atoms with Crippen molar-refractivity contribution < 1.29 is 9.53 Å². The number of esters is 1. The molecule has 4 nitrogen and oxygen atoms in total.